The van der Waals surface area contributed by atoms with Crippen molar-refractivity contribution >= 4 is 0 Å². The van der Waals surface area contributed by atoms with Gasteiger partial charge in [0.15, 0.2) is 0 Å². The molecule has 20 heavy (non-hydrogen) atoms. The maximum atomic E-state index is 4.51. The van der Waals surface area contributed by atoms with Crippen LogP contribution in [0.5, 0.6) is 0 Å². The SMILES string of the molecule is CCCNC(Cn1ccc(C)n1)c1ccc(C)cc1C. The summed E-state index contributed by atoms with van der Waals surface area (Å²) in [7, 11) is 0. The molecule has 1 atom stereocenters. The van der Waals surface area contributed by atoms with Crippen molar-refractivity contribution in [2.75, 3.05) is 6.54 Å². The monoisotopic (exact) mass is 271 g/mol. The quantitative estimate of drug-likeness (QED) is 0.870. The Bertz CT molecular complexity index is 557. The second-order valence-corrected chi connectivity index (χ2v) is 5.55. The Hall–Kier alpha value is -1.61. The van der Waals surface area contributed by atoms with E-state index >= 15 is 0 Å². The third-order valence-corrected chi connectivity index (χ3v) is 3.59. The summed E-state index contributed by atoms with van der Waals surface area (Å²) in [6.07, 6.45) is 3.19. The van der Waals surface area contributed by atoms with Crippen LogP contribution in [0.2, 0.25) is 0 Å². The van der Waals surface area contributed by atoms with Gasteiger partial charge in [-0.15, -0.1) is 0 Å². The van der Waals surface area contributed by atoms with Crippen LogP contribution in [0, 0.1) is 20.8 Å². The molecule has 0 aliphatic heterocycles. The minimum atomic E-state index is 0.315. The second-order valence-electron chi connectivity index (χ2n) is 5.55. The molecule has 1 aromatic heterocycles. The first-order valence-corrected chi connectivity index (χ1v) is 7.40. The number of hydrogen-bond donors (Lipinski definition) is 1. The molecule has 0 amide bonds. The lowest BCUT2D eigenvalue weighted by molar-refractivity contribution is 0.436. The molecule has 0 aliphatic carbocycles. The molecule has 1 aromatic carbocycles. The van der Waals surface area contributed by atoms with Gasteiger partial charge in [0, 0.05) is 6.20 Å². The van der Waals surface area contributed by atoms with Crippen molar-refractivity contribution in [3.05, 3.63) is 52.8 Å². The lowest BCUT2D eigenvalue weighted by Crippen LogP contribution is -2.27. The Kier molecular flexibility index (Phi) is 4.96. The largest absolute Gasteiger partial charge is 0.308 e. The Morgan fingerprint density at radius 3 is 2.60 bits per heavy atom. The molecule has 3 heteroatoms. The molecule has 0 fully saturated rings. The molecule has 1 unspecified atom stereocenters. The van der Waals surface area contributed by atoms with Gasteiger partial charge in [-0.1, -0.05) is 30.7 Å². The summed E-state index contributed by atoms with van der Waals surface area (Å²) in [6, 6.07) is 9.06. The van der Waals surface area contributed by atoms with Crippen molar-refractivity contribution < 1.29 is 0 Å². The number of nitrogens with zero attached hydrogens (tertiary/aromatic N) is 2. The smallest absolute Gasteiger partial charge is 0.0604 e. The Morgan fingerprint density at radius 1 is 1.20 bits per heavy atom. The van der Waals surface area contributed by atoms with E-state index in [9.17, 15) is 0 Å². The molecule has 0 radical (unpaired) electrons. The van der Waals surface area contributed by atoms with Crippen LogP contribution >= 0.6 is 0 Å². The van der Waals surface area contributed by atoms with E-state index in [4.69, 9.17) is 0 Å². The molecule has 3 nitrogen and oxygen atoms in total. The predicted octanol–water partition coefficient (Wildman–Crippen LogP) is 3.55. The van der Waals surface area contributed by atoms with Gasteiger partial charge in [-0.2, -0.15) is 5.10 Å². The fourth-order valence-corrected chi connectivity index (χ4v) is 2.56. The highest BCUT2D eigenvalue weighted by molar-refractivity contribution is 5.32. The fraction of sp³-hybridized carbons (Fsp3) is 0.471. The summed E-state index contributed by atoms with van der Waals surface area (Å²) in [5.74, 6) is 0. The van der Waals surface area contributed by atoms with Crippen LogP contribution in [0.15, 0.2) is 30.5 Å². The highest BCUT2D eigenvalue weighted by Gasteiger charge is 2.14. The van der Waals surface area contributed by atoms with E-state index in [0.29, 0.717) is 6.04 Å². The lowest BCUT2D eigenvalue weighted by Gasteiger charge is -2.21. The minimum Gasteiger partial charge on any atom is -0.308 e. The van der Waals surface area contributed by atoms with Crippen LogP contribution in [0.3, 0.4) is 0 Å². The van der Waals surface area contributed by atoms with Crippen molar-refractivity contribution in [1.29, 1.82) is 0 Å². The average Bonchev–Trinajstić information content (AvgIpc) is 2.80. The molecular formula is C17H25N3. The van der Waals surface area contributed by atoms with E-state index in [1.807, 2.05) is 11.6 Å². The topological polar surface area (TPSA) is 29.9 Å². The Morgan fingerprint density at radius 2 is 2.00 bits per heavy atom. The number of benzene rings is 1. The van der Waals surface area contributed by atoms with Crippen molar-refractivity contribution in [1.82, 2.24) is 15.1 Å². The number of rotatable bonds is 6. The third kappa shape index (κ3) is 3.70. The van der Waals surface area contributed by atoms with E-state index < -0.39 is 0 Å². The Balaban J connectivity index is 2.22. The number of aryl methyl sites for hydroxylation is 3. The zero-order valence-corrected chi connectivity index (χ0v) is 13.0. The molecule has 0 aliphatic rings. The van der Waals surface area contributed by atoms with Crippen LogP contribution in [0.25, 0.3) is 0 Å². The standard InChI is InChI=1S/C17H25N3/c1-5-9-18-17(12-20-10-8-15(4)19-20)16-7-6-13(2)11-14(16)3/h6-8,10-11,17-18H,5,9,12H2,1-4H3. The van der Waals surface area contributed by atoms with Crippen LogP contribution in [0.4, 0.5) is 0 Å². The predicted molar refractivity (Wildman–Crippen MR) is 83.9 cm³/mol. The zero-order chi connectivity index (χ0) is 14.5. The van der Waals surface area contributed by atoms with Crippen LogP contribution < -0.4 is 5.32 Å². The van der Waals surface area contributed by atoms with Gasteiger partial charge in [0.05, 0.1) is 18.3 Å². The summed E-state index contributed by atoms with van der Waals surface area (Å²) < 4.78 is 2.03. The van der Waals surface area contributed by atoms with Gasteiger partial charge in [0.2, 0.25) is 0 Å². The summed E-state index contributed by atoms with van der Waals surface area (Å²) in [6.45, 7) is 10.5. The summed E-state index contributed by atoms with van der Waals surface area (Å²) >= 11 is 0. The first-order chi connectivity index (χ1) is 9.60. The third-order valence-electron chi connectivity index (χ3n) is 3.59. The normalized spacial score (nSPS) is 12.6. The first kappa shape index (κ1) is 14.8. The first-order valence-electron chi connectivity index (χ1n) is 7.40. The lowest BCUT2D eigenvalue weighted by atomic mass is 9.99. The maximum absolute atomic E-state index is 4.51. The molecule has 2 rings (SSSR count). The molecule has 2 aromatic rings. The van der Waals surface area contributed by atoms with Crippen LogP contribution in [-0.4, -0.2) is 16.3 Å². The highest BCUT2D eigenvalue weighted by Crippen LogP contribution is 2.20. The summed E-state index contributed by atoms with van der Waals surface area (Å²) in [5.41, 5.74) is 5.11. The molecule has 1 heterocycles. The fourth-order valence-electron chi connectivity index (χ4n) is 2.56. The van der Waals surface area contributed by atoms with Crippen molar-refractivity contribution in [2.45, 2.75) is 46.7 Å². The molecule has 1 N–H and O–H groups in total. The summed E-state index contributed by atoms with van der Waals surface area (Å²) in [4.78, 5) is 0. The van der Waals surface area contributed by atoms with Gasteiger partial charge in [-0.25, -0.2) is 0 Å². The van der Waals surface area contributed by atoms with Gasteiger partial charge in [0.1, 0.15) is 0 Å². The van der Waals surface area contributed by atoms with Gasteiger partial charge >= 0.3 is 0 Å². The van der Waals surface area contributed by atoms with E-state index in [2.05, 4.69) is 61.6 Å². The molecule has 0 saturated heterocycles. The van der Waals surface area contributed by atoms with Crippen molar-refractivity contribution in [3.8, 4) is 0 Å². The van der Waals surface area contributed by atoms with Crippen molar-refractivity contribution in [2.24, 2.45) is 0 Å². The van der Waals surface area contributed by atoms with Gasteiger partial charge < -0.3 is 5.32 Å². The van der Waals surface area contributed by atoms with Gasteiger partial charge in [-0.3, -0.25) is 4.68 Å². The van der Waals surface area contributed by atoms with Gasteiger partial charge in [0.25, 0.3) is 0 Å². The van der Waals surface area contributed by atoms with Gasteiger partial charge in [-0.05, 0) is 50.9 Å². The molecule has 0 spiro atoms. The number of aromatic nitrogens is 2. The Labute approximate surface area is 122 Å². The number of nitrogens with one attached hydrogen (secondary N) is 1. The number of hydrogen-bond acceptors (Lipinski definition) is 2. The maximum Gasteiger partial charge on any atom is 0.0604 e. The van der Waals surface area contributed by atoms with Crippen molar-refractivity contribution in [3.63, 3.8) is 0 Å². The van der Waals surface area contributed by atoms with E-state index in [0.717, 1.165) is 25.2 Å². The van der Waals surface area contributed by atoms with E-state index in [1.54, 1.807) is 0 Å². The highest BCUT2D eigenvalue weighted by atomic mass is 15.3. The minimum absolute atomic E-state index is 0.315. The van der Waals surface area contributed by atoms with Crippen LogP contribution in [0.1, 0.15) is 41.8 Å². The zero-order valence-electron chi connectivity index (χ0n) is 13.0. The molecule has 0 bridgehead atoms. The summed E-state index contributed by atoms with van der Waals surface area (Å²) in [5, 5.41) is 8.15. The van der Waals surface area contributed by atoms with E-state index in [1.165, 1.54) is 16.7 Å². The second kappa shape index (κ2) is 6.71. The van der Waals surface area contributed by atoms with E-state index in [-0.39, 0.29) is 0 Å². The van der Waals surface area contributed by atoms with Crippen LogP contribution in [-0.2, 0) is 6.54 Å². The molecule has 108 valence electrons. The molecular weight excluding hydrogens is 246 g/mol. The average molecular weight is 271 g/mol. The molecule has 0 saturated carbocycles.